The van der Waals surface area contributed by atoms with Gasteiger partial charge in [0.2, 0.25) is 17.4 Å². The van der Waals surface area contributed by atoms with Crippen LogP contribution in [0.5, 0.6) is 5.88 Å². The fourth-order valence-corrected chi connectivity index (χ4v) is 4.71. The first kappa shape index (κ1) is 22.3. The zero-order valence-corrected chi connectivity index (χ0v) is 19.8. The number of oxazole rings is 2. The molecular formula is C25H27N7O4. The van der Waals surface area contributed by atoms with Crippen molar-refractivity contribution in [2.45, 2.75) is 38.5 Å². The van der Waals surface area contributed by atoms with Crippen LogP contribution >= 0.6 is 0 Å². The zero-order valence-electron chi connectivity index (χ0n) is 19.8. The lowest BCUT2D eigenvalue weighted by atomic mass is 10.1. The normalized spacial score (nSPS) is 16.4. The van der Waals surface area contributed by atoms with Crippen molar-refractivity contribution < 1.29 is 18.7 Å². The molecule has 36 heavy (non-hydrogen) atoms. The van der Waals surface area contributed by atoms with E-state index in [0.29, 0.717) is 34.3 Å². The average molecular weight is 490 g/mol. The molecule has 0 unspecified atom stereocenters. The lowest BCUT2D eigenvalue weighted by Crippen LogP contribution is -2.31. The van der Waals surface area contributed by atoms with Crippen molar-refractivity contribution in [3.8, 4) is 17.3 Å². The van der Waals surface area contributed by atoms with Crippen molar-refractivity contribution in [2.24, 2.45) is 0 Å². The summed E-state index contributed by atoms with van der Waals surface area (Å²) in [6, 6.07) is 5.43. The van der Waals surface area contributed by atoms with Crippen LogP contribution in [0, 0.1) is 0 Å². The molecule has 2 saturated heterocycles. The summed E-state index contributed by atoms with van der Waals surface area (Å²) in [6.07, 6.45) is 9.50. The van der Waals surface area contributed by atoms with Crippen LogP contribution in [-0.2, 0) is 0 Å². The number of amides is 1. The van der Waals surface area contributed by atoms with E-state index in [1.807, 2.05) is 0 Å². The van der Waals surface area contributed by atoms with Crippen molar-refractivity contribution in [1.82, 2.24) is 19.9 Å². The molecule has 0 atom stereocenters. The van der Waals surface area contributed by atoms with Crippen molar-refractivity contribution in [1.29, 1.82) is 0 Å². The summed E-state index contributed by atoms with van der Waals surface area (Å²) in [7, 11) is 0. The molecule has 0 spiro atoms. The molecule has 6 rings (SSSR count). The number of aromatic hydroxyl groups is 1. The van der Waals surface area contributed by atoms with Gasteiger partial charge < -0.3 is 29.1 Å². The summed E-state index contributed by atoms with van der Waals surface area (Å²) in [5.74, 6) is 0.388. The molecule has 0 aliphatic carbocycles. The molecule has 11 nitrogen and oxygen atoms in total. The standard InChI is InChI=1S/C25H27N7O4/c33-20-8-7-16(14-26-20)24-28-18(15-35-24)23(34)27-17-13-19-21(29-22(17)31-9-3-1-4-10-31)30-25(36-19)32-11-5-2-6-12-32/h7-8,13-15H,1-6,9-12H2,(H,26,33)(H,27,34). The van der Waals surface area contributed by atoms with Crippen LogP contribution < -0.4 is 15.1 Å². The predicted molar refractivity (Wildman–Crippen MR) is 133 cm³/mol. The van der Waals surface area contributed by atoms with Crippen molar-refractivity contribution in [3.05, 3.63) is 36.4 Å². The highest BCUT2D eigenvalue weighted by Gasteiger charge is 2.24. The monoisotopic (exact) mass is 489 g/mol. The van der Waals surface area contributed by atoms with Gasteiger partial charge in [0.1, 0.15) is 6.26 Å². The number of pyridine rings is 2. The minimum atomic E-state index is -0.424. The summed E-state index contributed by atoms with van der Waals surface area (Å²) in [5.41, 5.74) is 2.29. The minimum Gasteiger partial charge on any atom is -0.493 e. The molecule has 0 bridgehead atoms. The van der Waals surface area contributed by atoms with Crippen LogP contribution in [-0.4, -0.2) is 57.1 Å². The molecule has 2 N–H and O–H groups in total. The Bertz CT molecular complexity index is 1370. The van der Waals surface area contributed by atoms with Gasteiger partial charge in [0.25, 0.3) is 11.9 Å². The van der Waals surface area contributed by atoms with Gasteiger partial charge in [0, 0.05) is 44.5 Å². The largest absolute Gasteiger partial charge is 0.493 e. The van der Waals surface area contributed by atoms with Gasteiger partial charge in [-0.15, -0.1) is 0 Å². The highest BCUT2D eigenvalue weighted by molar-refractivity contribution is 6.05. The van der Waals surface area contributed by atoms with Gasteiger partial charge in [-0.05, 0) is 44.6 Å². The topological polar surface area (TPSA) is 134 Å². The van der Waals surface area contributed by atoms with Crippen LogP contribution in [0.3, 0.4) is 0 Å². The van der Waals surface area contributed by atoms with E-state index in [0.717, 1.165) is 51.9 Å². The molecule has 6 heterocycles. The molecule has 0 radical (unpaired) electrons. The van der Waals surface area contributed by atoms with Crippen LogP contribution in [0.2, 0.25) is 0 Å². The summed E-state index contributed by atoms with van der Waals surface area (Å²) < 4.78 is 11.6. The summed E-state index contributed by atoms with van der Waals surface area (Å²) >= 11 is 0. The first-order valence-electron chi connectivity index (χ1n) is 12.4. The number of carbonyl (C=O) groups is 1. The van der Waals surface area contributed by atoms with Crippen LogP contribution in [0.25, 0.3) is 22.7 Å². The van der Waals surface area contributed by atoms with Gasteiger partial charge in [-0.1, -0.05) is 0 Å². The van der Waals surface area contributed by atoms with E-state index in [-0.39, 0.29) is 17.5 Å². The Kier molecular flexibility index (Phi) is 5.88. The van der Waals surface area contributed by atoms with Gasteiger partial charge in [-0.2, -0.15) is 4.98 Å². The van der Waals surface area contributed by atoms with Gasteiger partial charge in [0.05, 0.1) is 11.3 Å². The second kappa shape index (κ2) is 9.48. The molecule has 11 heteroatoms. The van der Waals surface area contributed by atoms with E-state index < -0.39 is 5.91 Å². The second-order valence-corrected chi connectivity index (χ2v) is 9.17. The van der Waals surface area contributed by atoms with Gasteiger partial charge in [-0.3, -0.25) is 4.79 Å². The van der Waals surface area contributed by atoms with E-state index in [2.05, 4.69) is 30.1 Å². The Morgan fingerprint density at radius 3 is 2.42 bits per heavy atom. The third-order valence-electron chi connectivity index (χ3n) is 6.61. The Labute approximate surface area is 207 Å². The lowest BCUT2D eigenvalue weighted by Gasteiger charge is -2.29. The number of hydrogen-bond acceptors (Lipinski definition) is 10. The number of carbonyl (C=O) groups excluding carboxylic acids is 1. The van der Waals surface area contributed by atoms with Crippen molar-refractivity contribution >= 4 is 34.7 Å². The number of anilines is 3. The third kappa shape index (κ3) is 4.43. The van der Waals surface area contributed by atoms with Crippen molar-refractivity contribution in [2.75, 3.05) is 41.3 Å². The number of rotatable bonds is 5. The maximum atomic E-state index is 13.1. The summed E-state index contributed by atoms with van der Waals surface area (Å²) in [6.45, 7) is 3.56. The fraction of sp³-hybridized carbons (Fsp3) is 0.400. The molecular weight excluding hydrogens is 462 g/mol. The Morgan fingerprint density at radius 2 is 1.69 bits per heavy atom. The first-order valence-corrected chi connectivity index (χ1v) is 12.4. The SMILES string of the molecule is O=C(Nc1cc2oc(N3CCCCC3)nc2nc1N1CCCCC1)c1coc(-c2ccc(O)nc2)n1. The van der Waals surface area contributed by atoms with E-state index in [9.17, 15) is 9.90 Å². The average Bonchev–Trinajstić information content (AvgIpc) is 3.57. The Balaban J connectivity index is 1.31. The molecule has 0 saturated carbocycles. The van der Waals surface area contributed by atoms with Crippen molar-refractivity contribution in [3.63, 3.8) is 0 Å². The Morgan fingerprint density at radius 1 is 0.944 bits per heavy atom. The van der Waals surface area contributed by atoms with Crippen LogP contribution in [0.1, 0.15) is 49.0 Å². The number of nitrogens with one attached hydrogen (secondary N) is 1. The van der Waals surface area contributed by atoms with E-state index in [1.54, 1.807) is 12.1 Å². The molecule has 4 aromatic rings. The van der Waals surface area contributed by atoms with Gasteiger partial charge in [0.15, 0.2) is 17.1 Å². The molecule has 0 aromatic carbocycles. The number of piperidine rings is 2. The highest BCUT2D eigenvalue weighted by Crippen LogP contribution is 2.33. The number of fused-ring (bicyclic) bond motifs is 1. The maximum absolute atomic E-state index is 13.1. The highest BCUT2D eigenvalue weighted by atomic mass is 16.4. The zero-order chi connectivity index (χ0) is 24.5. The molecule has 4 aromatic heterocycles. The number of nitrogens with zero attached hydrogens (tertiary/aromatic N) is 6. The van der Waals surface area contributed by atoms with E-state index in [4.69, 9.17) is 13.8 Å². The molecule has 2 aliphatic rings. The summed E-state index contributed by atoms with van der Waals surface area (Å²) in [5, 5.41) is 12.4. The first-order chi connectivity index (χ1) is 17.6. The molecule has 186 valence electrons. The van der Waals surface area contributed by atoms with Gasteiger partial charge in [-0.25, -0.2) is 15.0 Å². The third-order valence-corrected chi connectivity index (χ3v) is 6.61. The number of aromatic nitrogens is 4. The van der Waals surface area contributed by atoms with E-state index >= 15 is 0 Å². The second-order valence-electron chi connectivity index (χ2n) is 9.17. The van der Waals surface area contributed by atoms with Crippen LogP contribution in [0.4, 0.5) is 17.5 Å². The Hall–Kier alpha value is -4.15. The lowest BCUT2D eigenvalue weighted by molar-refractivity contribution is 0.102. The number of hydrogen-bond donors (Lipinski definition) is 2. The van der Waals surface area contributed by atoms with E-state index in [1.165, 1.54) is 31.4 Å². The predicted octanol–water partition coefficient (Wildman–Crippen LogP) is 4.21. The fourth-order valence-electron chi connectivity index (χ4n) is 4.71. The van der Waals surface area contributed by atoms with Crippen LogP contribution in [0.15, 0.2) is 39.5 Å². The summed E-state index contributed by atoms with van der Waals surface area (Å²) in [4.78, 5) is 35.1. The quantitative estimate of drug-likeness (QED) is 0.420. The maximum Gasteiger partial charge on any atom is 0.299 e. The smallest absolute Gasteiger partial charge is 0.299 e. The minimum absolute atomic E-state index is 0.104. The molecule has 2 fully saturated rings. The van der Waals surface area contributed by atoms with Gasteiger partial charge >= 0.3 is 0 Å². The molecule has 1 amide bonds. The molecule has 2 aliphatic heterocycles.